The minimum Gasteiger partial charge on any atom is -0.197 e. The molecule has 0 N–H and O–H groups in total. The van der Waals surface area contributed by atoms with Gasteiger partial charge in [-0.25, -0.2) is 0 Å². The van der Waals surface area contributed by atoms with Crippen LogP contribution in [0.15, 0.2) is 54.6 Å². The van der Waals surface area contributed by atoms with E-state index in [2.05, 4.69) is 37.3 Å². The molecule has 0 unspecified atom stereocenters. The highest BCUT2D eigenvalue weighted by atomic mass is 14.3. The molecule has 0 saturated heterocycles. The van der Waals surface area contributed by atoms with E-state index in [1.54, 1.807) is 0 Å². The predicted octanol–water partition coefficient (Wildman–Crippen LogP) is 5.46. The highest BCUT2D eigenvalue weighted by Crippen LogP contribution is 2.24. The zero-order valence-electron chi connectivity index (χ0n) is 12.8. The third-order valence-electron chi connectivity index (χ3n) is 3.89. The Kier molecular flexibility index (Phi) is 6.03. The summed E-state index contributed by atoms with van der Waals surface area (Å²) in [5.41, 5.74) is 3.52. The molecule has 0 aliphatic carbocycles. The molecule has 21 heavy (non-hydrogen) atoms. The standard InChI is InChI=1S/C20H23N/c1-2-3-4-6-9-17-12-14-19(15-13-17)20(16-21)18-10-7-5-8-11-18/h5,7-8,10-15,20H,2-4,6,9H2,1H3/t20-/m0/s1. The summed E-state index contributed by atoms with van der Waals surface area (Å²) >= 11 is 0. The fourth-order valence-corrected chi connectivity index (χ4v) is 2.62. The maximum Gasteiger partial charge on any atom is 0.0962 e. The van der Waals surface area contributed by atoms with Crippen LogP contribution in [0.25, 0.3) is 0 Å². The number of unbranched alkanes of at least 4 members (excludes halogenated alkanes) is 3. The summed E-state index contributed by atoms with van der Waals surface area (Å²) in [6.45, 7) is 2.24. The van der Waals surface area contributed by atoms with Crippen LogP contribution in [0.3, 0.4) is 0 Å². The maximum absolute atomic E-state index is 9.45. The number of nitriles is 1. The molecular formula is C20H23N. The number of aryl methyl sites for hydroxylation is 1. The summed E-state index contributed by atoms with van der Waals surface area (Å²) in [5, 5.41) is 9.45. The third kappa shape index (κ3) is 4.46. The van der Waals surface area contributed by atoms with Crippen molar-refractivity contribution in [2.45, 2.75) is 44.9 Å². The molecule has 0 heterocycles. The fourth-order valence-electron chi connectivity index (χ4n) is 2.62. The van der Waals surface area contributed by atoms with E-state index in [1.165, 1.54) is 31.2 Å². The Bertz CT molecular complexity index is 563. The molecule has 0 amide bonds. The second kappa shape index (κ2) is 8.27. The molecule has 0 bridgehead atoms. The Balaban J connectivity index is 2.02. The number of rotatable bonds is 7. The van der Waals surface area contributed by atoms with E-state index in [-0.39, 0.29) is 5.92 Å². The molecule has 1 nitrogen and oxygen atoms in total. The number of hydrogen-bond acceptors (Lipinski definition) is 1. The zero-order valence-corrected chi connectivity index (χ0v) is 12.8. The minimum absolute atomic E-state index is 0.166. The summed E-state index contributed by atoms with van der Waals surface area (Å²) in [4.78, 5) is 0. The zero-order chi connectivity index (χ0) is 14.9. The Morgan fingerprint density at radius 3 is 2.14 bits per heavy atom. The summed E-state index contributed by atoms with van der Waals surface area (Å²) in [6, 6.07) is 21.0. The second-order valence-corrected chi connectivity index (χ2v) is 5.53. The first kappa shape index (κ1) is 15.3. The predicted molar refractivity (Wildman–Crippen MR) is 88.2 cm³/mol. The van der Waals surface area contributed by atoms with E-state index in [9.17, 15) is 5.26 Å². The number of hydrogen-bond donors (Lipinski definition) is 0. The van der Waals surface area contributed by atoms with Crippen molar-refractivity contribution in [3.63, 3.8) is 0 Å². The van der Waals surface area contributed by atoms with Crippen molar-refractivity contribution in [3.8, 4) is 6.07 Å². The first-order chi connectivity index (χ1) is 10.3. The molecule has 0 spiro atoms. The van der Waals surface area contributed by atoms with Crippen molar-refractivity contribution in [2.75, 3.05) is 0 Å². The molecule has 0 fully saturated rings. The summed E-state index contributed by atoms with van der Waals surface area (Å²) in [7, 11) is 0. The Morgan fingerprint density at radius 1 is 0.857 bits per heavy atom. The van der Waals surface area contributed by atoms with Gasteiger partial charge in [-0.2, -0.15) is 5.26 Å². The van der Waals surface area contributed by atoms with Crippen LogP contribution < -0.4 is 0 Å². The maximum atomic E-state index is 9.45. The van der Waals surface area contributed by atoms with Crippen molar-refractivity contribution in [3.05, 3.63) is 71.3 Å². The topological polar surface area (TPSA) is 23.8 Å². The summed E-state index contributed by atoms with van der Waals surface area (Å²) in [5.74, 6) is -0.166. The van der Waals surface area contributed by atoms with Gasteiger partial charge in [0.05, 0.1) is 12.0 Å². The molecule has 0 saturated carbocycles. The van der Waals surface area contributed by atoms with Gasteiger partial charge in [-0.15, -0.1) is 0 Å². The monoisotopic (exact) mass is 277 g/mol. The van der Waals surface area contributed by atoms with Crippen LogP contribution in [0.4, 0.5) is 0 Å². The lowest BCUT2D eigenvalue weighted by atomic mass is 9.91. The van der Waals surface area contributed by atoms with Gasteiger partial charge in [-0.3, -0.25) is 0 Å². The van der Waals surface area contributed by atoms with Crippen molar-refractivity contribution in [1.82, 2.24) is 0 Å². The molecule has 2 aromatic rings. The van der Waals surface area contributed by atoms with E-state index in [0.29, 0.717) is 0 Å². The van der Waals surface area contributed by atoms with E-state index in [4.69, 9.17) is 0 Å². The summed E-state index contributed by atoms with van der Waals surface area (Å²) < 4.78 is 0. The minimum atomic E-state index is -0.166. The first-order valence-corrected chi connectivity index (χ1v) is 7.88. The average Bonchev–Trinajstić information content (AvgIpc) is 2.55. The van der Waals surface area contributed by atoms with Crippen LogP contribution in [0.1, 0.15) is 55.2 Å². The summed E-state index contributed by atoms with van der Waals surface area (Å²) in [6.07, 6.45) is 6.31. The fraction of sp³-hybridized carbons (Fsp3) is 0.350. The van der Waals surface area contributed by atoms with Crippen molar-refractivity contribution < 1.29 is 0 Å². The van der Waals surface area contributed by atoms with E-state index in [1.807, 2.05) is 30.3 Å². The molecule has 0 aromatic heterocycles. The van der Waals surface area contributed by atoms with E-state index >= 15 is 0 Å². The van der Waals surface area contributed by atoms with Gasteiger partial charge < -0.3 is 0 Å². The van der Waals surface area contributed by atoms with E-state index in [0.717, 1.165) is 17.5 Å². The smallest absolute Gasteiger partial charge is 0.0962 e. The van der Waals surface area contributed by atoms with Crippen molar-refractivity contribution in [2.24, 2.45) is 0 Å². The van der Waals surface area contributed by atoms with Crippen molar-refractivity contribution in [1.29, 1.82) is 5.26 Å². The largest absolute Gasteiger partial charge is 0.197 e. The highest BCUT2D eigenvalue weighted by molar-refractivity contribution is 5.38. The molecule has 2 aromatic carbocycles. The van der Waals surface area contributed by atoms with Crippen LogP contribution in [-0.4, -0.2) is 0 Å². The van der Waals surface area contributed by atoms with Gasteiger partial charge in [-0.1, -0.05) is 80.8 Å². The second-order valence-electron chi connectivity index (χ2n) is 5.53. The molecule has 1 atom stereocenters. The molecule has 1 heteroatoms. The van der Waals surface area contributed by atoms with Gasteiger partial charge in [0.15, 0.2) is 0 Å². The number of nitrogens with zero attached hydrogens (tertiary/aromatic N) is 1. The van der Waals surface area contributed by atoms with Crippen LogP contribution in [0.2, 0.25) is 0 Å². The molecular weight excluding hydrogens is 254 g/mol. The van der Waals surface area contributed by atoms with Crippen molar-refractivity contribution >= 4 is 0 Å². The van der Waals surface area contributed by atoms with Crippen LogP contribution in [0.5, 0.6) is 0 Å². The Morgan fingerprint density at radius 2 is 1.52 bits per heavy atom. The molecule has 0 aliphatic heterocycles. The van der Waals surface area contributed by atoms with Gasteiger partial charge in [0.25, 0.3) is 0 Å². The normalized spacial score (nSPS) is 11.8. The lowest BCUT2D eigenvalue weighted by molar-refractivity contribution is 0.667. The number of benzene rings is 2. The quantitative estimate of drug-likeness (QED) is 0.616. The SMILES string of the molecule is CCCCCCc1ccc([C@@H](C#N)c2ccccc2)cc1. The van der Waals surface area contributed by atoms with Gasteiger partial charge in [0.2, 0.25) is 0 Å². The average molecular weight is 277 g/mol. The molecule has 0 aliphatic rings. The van der Waals surface area contributed by atoms with Crippen LogP contribution in [0, 0.1) is 11.3 Å². The lowest BCUT2D eigenvalue weighted by Gasteiger charge is -2.10. The van der Waals surface area contributed by atoms with Gasteiger partial charge >= 0.3 is 0 Å². The lowest BCUT2D eigenvalue weighted by Crippen LogP contribution is -1.98. The third-order valence-corrected chi connectivity index (χ3v) is 3.89. The van der Waals surface area contributed by atoms with Crippen LogP contribution in [-0.2, 0) is 6.42 Å². The highest BCUT2D eigenvalue weighted by Gasteiger charge is 2.12. The van der Waals surface area contributed by atoms with E-state index < -0.39 is 0 Å². The van der Waals surface area contributed by atoms with Crippen LogP contribution >= 0.6 is 0 Å². The van der Waals surface area contributed by atoms with Gasteiger partial charge in [0, 0.05) is 0 Å². The Labute approximate surface area is 128 Å². The molecule has 2 rings (SSSR count). The van der Waals surface area contributed by atoms with Gasteiger partial charge in [0.1, 0.15) is 0 Å². The molecule has 108 valence electrons. The Hall–Kier alpha value is -2.07. The van der Waals surface area contributed by atoms with Gasteiger partial charge in [-0.05, 0) is 29.5 Å². The first-order valence-electron chi connectivity index (χ1n) is 7.88. The molecule has 0 radical (unpaired) electrons.